The number of aryl methyl sites for hydroxylation is 1. The molecule has 0 aliphatic heterocycles. The van der Waals surface area contributed by atoms with E-state index in [4.69, 9.17) is 0 Å². The molecule has 0 fully saturated rings. The molecule has 3 aromatic rings. The molecule has 0 saturated carbocycles. The number of aromatic nitrogens is 1. The van der Waals surface area contributed by atoms with Crippen LogP contribution in [0.2, 0.25) is 0 Å². The quantitative estimate of drug-likeness (QED) is 0.679. The zero-order valence-electron chi connectivity index (χ0n) is 13.6. The van der Waals surface area contributed by atoms with Gasteiger partial charge in [0.15, 0.2) is 0 Å². The summed E-state index contributed by atoms with van der Waals surface area (Å²) in [5.41, 5.74) is 6.65. The van der Waals surface area contributed by atoms with Crippen LogP contribution in [-0.4, -0.2) is 22.2 Å². The van der Waals surface area contributed by atoms with Gasteiger partial charge in [0.1, 0.15) is 0 Å². The van der Waals surface area contributed by atoms with Gasteiger partial charge in [-0.3, -0.25) is 0 Å². The van der Waals surface area contributed by atoms with E-state index in [2.05, 4.69) is 58.8 Å². The molecule has 2 aliphatic rings. The number of benzene rings is 2. The molecular formula is C21H22N2O. The van der Waals surface area contributed by atoms with Crippen molar-refractivity contribution in [3.05, 3.63) is 70.9 Å². The maximum Gasteiger partial charge on any atom is 0.0775 e. The first-order valence-electron chi connectivity index (χ1n) is 8.90. The first kappa shape index (κ1) is 14.3. The third-order valence-corrected chi connectivity index (χ3v) is 5.71. The summed E-state index contributed by atoms with van der Waals surface area (Å²) in [4.78, 5) is 3.58. The molecule has 0 bridgehead atoms. The van der Waals surface area contributed by atoms with E-state index >= 15 is 0 Å². The first-order chi connectivity index (χ1) is 11.8. The largest absolute Gasteiger partial charge is 0.391 e. The van der Waals surface area contributed by atoms with E-state index in [-0.39, 0.29) is 12.1 Å². The molecule has 1 heterocycles. The Labute approximate surface area is 141 Å². The SMILES string of the molecule is O[C@@H]1Cc2ccccc2[C@@H]1NC1CCc2[nH]c3ccccc3c2C1. The molecule has 3 atom stereocenters. The highest BCUT2D eigenvalue weighted by Crippen LogP contribution is 2.34. The summed E-state index contributed by atoms with van der Waals surface area (Å²) in [6.45, 7) is 0. The maximum atomic E-state index is 10.5. The van der Waals surface area contributed by atoms with Crippen molar-refractivity contribution in [2.45, 2.75) is 43.9 Å². The highest BCUT2D eigenvalue weighted by Gasteiger charge is 2.33. The molecule has 3 heteroatoms. The van der Waals surface area contributed by atoms with Crippen LogP contribution in [-0.2, 0) is 19.3 Å². The summed E-state index contributed by atoms with van der Waals surface area (Å²) in [7, 11) is 0. The predicted molar refractivity (Wildman–Crippen MR) is 96.1 cm³/mol. The van der Waals surface area contributed by atoms with Crippen molar-refractivity contribution in [3.63, 3.8) is 0 Å². The maximum absolute atomic E-state index is 10.5. The second kappa shape index (κ2) is 5.47. The third kappa shape index (κ3) is 2.20. The minimum absolute atomic E-state index is 0.0676. The van der Waals surface area contributed by atoms with Gasteiger partial charge >= 0.3 is 0 Å². The van der Waals surface area contributed by atoms with Gasteiger partial charge in [0.05, 0.1) is 12.1 Å². The summed E-state index contributed by atoms with van der Waals surface area (Å²) < 4.78 is 0. The fourth-order valence-electron chi connectivity index (χ4n) is 4.54. The van der Waals surface area contributed by atoms with Crippen molar-refractivity contribution >= 4 is 10.9 Å². The van der Waals surface area contributed by atoms with Crippen LogP contribution in [0.1, 0.15) is 34.8 Å². The Morgan fingerprint density at radius 1 is 1.00 bits per heavy atom. The summed E-state index contributed by atoms with van der Waals surface area (Å²) in [6, 6.07) is 17.5. The Bertz CT molecular complexity index is 898. The lowest BCUT2D eigenvalue weighted by Crippen LogP contribution is -2.40. The van der Waals surface area contributed by atoms with Gasteiger partial charge in [0.2, 0.25) is 0 Å². The van der Waals surface area contributed by atoms with E-state index in [1.165, 1.54) is 33.3 Å². The molecule has 3 N–H and O–H groups in total. The zero-order valence-corrected chi connectivity index (χ0v) is 13.6. The Hall–Kier alpha value is -2.10. The summed E-state index contributed by atoms with van der Waals surface area (Å²) in [6.07, 6.45) is 3.67. The molecule has 0 radical (unpaired) electrons. The van der Waals surface area contributed by atoms with Crippen LogP contribution in [0.5, 0.6) is 0 Å². The van der Waals surface area contributed by atoms with Crippen molar-refractivity contribution in [3.8, 4) is 0 Å². The number of rotatable bonds is 2. The van der Waals surface area contributed by atoms with Gasteiger partial charge in [0, 0.05) is 29.1 Å². The van der Waals surface area contributed by atoms with Crippen LogP contribution in [0.25, 0.3) is 10.9 Å². The van der Waals surface area contributed by atoms with E-state index in [1.54, 1.807) is 0 Å². The molecule has 24 heavy (non-hydrogen) atoms. The fraction of sp³-hybridized carbons (Fsp3) is 0.333. The first-order valence-corrected chi connectivity index (χ1v) is 8.90. The number of fused-ring (bicyclic) bond motifs is 4. The lowest BCUT2D eigenvalue weighted by Gasteiger charge is -2.29. The molecular weight excluding hydrogens is 296 g/mol. The van der Waals surface area contributed by atoms with E-state index in [0.717, 1.165) is 25.7 Å². The molecule has 2 aromatic carbocycles. The topological polar surface area (TPSA) is 48.0 Å². The molecule has 1 aromatic heterocycles. The number of hydrogen-bond acceptors (Lipinski definition) is 2. The fourth-order valence-corrected chi connectivity index (χ4v) is 4.54. The number of hydrogen-bond donors (Lipinski definition) is 3. The second-order valence-corrected chi connectivity index (χ2v) is 7.18. The van der Waals surface area contributed by atoms with Crippen molar-refractivity contribution in [2.24, 2.45) is 0 Å². The number of aliphatic hydroxyl groups excluding tert-OH is 1. The molecule has 0 amide bonds. The van der Waals surface area contributed by atoms with Crippen LogP contribution in [0.4, 0.5) is 0 Å². The Morgan fingerprint density at radius 2 is 1.83 bits per heavy atom. The number of aromatic amines is 1. The Morgan fingerprint density at radius 3 is 2.79 bits per heavy atom. The van der Waals surface area contributed by atoms with Crippen LogP contribution in [0.3, 0.4) is 0 Å². The summed E-state index contributed by atoms with van der Waals surface area (Å²) in [5.74, 6) is 0. The minimum Gasteiger partial charge on any atom is -0.391 e. The van der Waals surface area contributed by atoms with E-state index in [1.807, 2.05) is 0 Å². The molecule has 1 unspecified atom stereocenters. The number of H-pyrrole nitrogens is 1. The smallest absolute Gasteiger partial charge is 0.0775 e. The van der Waals surface area contributed by atoms with Crippen LogP contribution < -0.4 is 5.32 Å². The van der Waals surface area contributed by atoms with Gasteiger partial charge in [-0.15, -0.1) is 0 Å². The Kier molecular flexibility index (Phi) is 3.25. The van der Waals surface area contributed by atoms with E-state index in [0.29, 0.717) is 6.04 Å². The van der Waals surface area contributed by atoms with Crippen LogP contribution in [0.15, 0.2) is 48.5 Å². The van der Waals surface area contributed by atoms with Crippen LogP contribution in [0, 0.1) is 0 Å². The summed E-state index contributed by atoms with van der Waals surface area (Å²) >= 11 is 0. The molecule has 0 spiro atoms. The van der Waals surface area contributed by atoms with Gasteiger partial charge in [0.25, 0.3) is 0 Å². The van der Waals surface area contributed by atoms with Gasteiger partial charge in [-0.1, -0.05) is 42.5 Å². The molecule has 0 saturated heterocycles. The lowest BCUT2D eigenvalue weighted by molar-refractivity contribution is 0.133. The van der Waals surface area contributed by atoms with Crippen LogP contribution >= 0.6 is 0 Å². The number of aliphatic hydroxyl groups is 1. The van der Waals surface area contributed by atoms with E-state index < -0.39 is 0 Å². The monoisotopic (exact) mass is 318 g/mol. The number of para-hydroxylation sites is 1. The van der Waals surface area contributed by atoms with Crippen molar-refractivity contribution < 1.29 is 5.11 Å². The molecule has 5 rings (SSSR count). The normalized spacial score (nSPS) is 25.6. The average molecular weight is 318 g/mol. The van der Waals surface area contributed by atoms with Crippen molar-refractivity contribution in [1.29, 1.82) is 0 Å². The van der Waals surface area contributed by atoms with Gasteiger partial charge in [-0.25, -0.2) is 0 Å². The van der Waals surface area contributed by atoms with E-state index in [9.17, 15) is 5.11 Å². The number of nitrogens with one attached hydrogen (secondary N) is 2. The summed E-state index contributed by atoms with van der Waals surface area (Å²) in [5, 5.41) is 15.6. The van der Waals surface area contributed by atoms with Crippen molar-refractivity contribution in [2.75, 3.05) is 0 Å². The molecule has 122 valence electrons. The standard InChI is InChI=1S/C21H22N2O/c24-20-11-13-5-1-2-6-15(13)21(20)22-14-9-10-19-17(12-14)16-7-3-4-8-18(16)23-19/h1-8,14,20-24H,9-12H2/t14?,20-,21+/m1/s1. The highest BCUT2D eigenvalue weighted by molar-refractivity contribution is 5.84. The van der Waals surface area contributed by atoms with Gasteiger partial charge in [-0.05, 0) is 42.0 Å². The molecule has 3 nitrogen and oxygen atoms in total. The highest BCUT2D eigenvalue weighted by atomic mass is 16.3. The predicted octanol–water partition coefficient (Wildman–Crippen LogP) is 3.27. The second-order valence-electron chi connectivity index (χ2n) is 7.18. The minimum atomic E-state index is -0.313. The average Bonchev–Trinajstić information content (AvgIpc) is 3.13. The van der Waals surface area contributed by atoms with Gasteiger partial charge < -0.3 is 15.4 Å². The Balaban J connectivity index is 1.42. The third-order valence-electron chi connectivity index (χ3n) is 5.71. The van der Waals surface area contributed by atoms with Crippen molar-refractivity contribution in [1.82, 2.24) is 10.3 Å². The zero-order chi connectivity index (χ0) is 16.1. The van der Waals surface area contributed by atoms with Gasteiger partial charge in [-0.2, -0.15) is 0 Å². The lowest BCUT2D eigenvalue weighted by atomic mass is 9.90. The molecule has 2 aliphatic carbocycles.